The molecule has 0 aliphatic rings. The van der Waals surface area contributed by atoms with Gasteiger partial charge < -0.3 is 15.2 Å². The quantitative estimate of drug-likeness (QED) is 0.494. The van der Waals surface area contributed by atoms with Crippen LogP contribution in [-0.2, 0) is 14.3 Å². The Labute approximate surface area is 78.7 Å². The summed E-state index contributed by atoms with van der Waals surface area (Å²) in [4.78, 5) is 10.9. The first-order chi connectivity index (χ1) is 6.04. The number of ether oxygens (including phenoxy) is 2. The van der Waals surface area contributed by atoms with Gasteiger partial charge in [-0.2, -0.15) is 0 Å². The number of nitrogens with two attached hydrogens (primary N) is 1. The molecule has 0 saturated heterocycles. The zero-order valence-electron chi connectivity index (χ0n) is 8.42. The first kappa shape index (κ1) is 12.1. The minimum atomic E-state index is -1.05. The Morgan fingerprint density at radius 1 is 1.46 bits per heavy atom. The van der Waals surface area contributed by atoms with E-state index in [4.69, 9.17) is 15.2 Å². The molecule has 0 aromatic carbocycles. The van der Waals surface area contributed by atoms with Crippen LogP contribution in [0.3, 0.4) is 0 Å². The Balaban J connectivity index is 4.74. The van der Waals surface area contributed by atoms with Gasteiger partial charge in [-0.15, -0.1) is 0 Å². The predicted molar refractivity (Wildman–Crippen MR) is 50.0 cm³/mol. The van der Waals surface area contributed by atoms with Crippen LogP contribution in [0.5, 0.6) is 0 Å². The maximum atomic E-state index is 10.9. The van der Waals surface area contributed by atoms with E-state index < -0.39 is 11.7 Å². The fourth-order valence-electron chi connectivity index (χ4n) is 1.20. The number of rotatable bonds is 6. The molecule has 1 amide bonds. The van der Waals surface area contributed by atoms with Crippen molar-refractivity contribution in [2.45, 2.75) is 25.6 Å². The number of amides is 1. The van der Waals surface area contributed by atoms with Gasteiger partial charge in [-0.3, -0.25) is 4.79 Å². The molecule has 0 fully saturated rings. The van der Waals surface area contributed by atoms with E-state index in [1.807, 2.05) is 6.92 Å². The zero-order chi connectivity index (χ0) is 10.5. The third-order valence-electron chi connectivity index (χ3n) is 2.00. The van der Waals surface area contributed by atoms with E-state index in [1.54, 1.807) is 0 Å². The molecule has 0 heterocycles. The molecule has 76 valence electrons. The highest BCUT2D eigenvalue weighted by Gasteiger charge is 2.35. The monoisotopic (exact) mass is 187 g/mol. The number of carbonyl (C=O) groups is 1. The van der Waals surface area contributed by atoms with Gasteiger partial charge in [0.2, 0.25) is 5.91 Å². The SMILES string of the molecule is C=C(C(N)=O)C(CCC)(OC)OC. The van der Waals surface area contributed by atoms with Gasteiger partial charge in [-0.1, -0.05) is 19.9 Å². The molecule has 0 saturated carbocycles. The van der Waals surface area contributed by atoms with E-state index in [1.165, 1.54) is 14.2 Å². The lowest BCUT2D eigenvalue weighted by atomic mass is 10.0. The fraction of sp³-hybridized carbons (Fsp3) is 0.667. The number of carbonyl (C=O) groups excluding carboxylic acids is 1. The summed E-state index contributed by atoms with van der Waals surface area (Å²) in [6.45, 7) is 5.52. The van der Waals surface area contributed by atoms with E-state index in [0.29, 0.717) is 6.42 Å². The van der Waals surface area contributed by atoms with E-state index in [0.717, 1.165) is 6.42 Å². The molecule has 0 aliphatic heterocycles. The van der Waals surface area contributed by atoms with Crippen molar-refractivity contribution in [1.82, 2.24) is 0 Å². The van der Waals surface area contributed by atoms with Crippen molar-refractivity contribution >= 4 is 5.91 Å². The highest BCUT2D eigenvalue weighted by Crippen LogP contribution is 2.25. The second kappa shape index (κ2) is 4.99. The molecular weight excluding hydrogens is 170 g/mol. The molecule has 4 heteroatoms. The van der Waals surface area contributed by atoms with Gasteiger partial charge in [0.25, 0.3) is 0 Å². The number of hydrogen-bond donors (Lipinski definition) is 1. The van der Waals surface area contributed by atoms with Crippen LogP contribution in [0, 0.1) is 0 Å². The van der Waals surface area contributed by atoms with Crippen LogP contribution < -0.4 is 5.73 Å². The number of methoxy groups -OCH3 is 2. The van der Waals surface area contributed by atoms with Gasteiger partial charge in [0.15, 0.2) is 5.79 Å². The van der Waals surface area contributed by atoms with Crippen molar-refractivity contribution in [2.75, 3.05) is 14.2 Å². The highest BCUT2D eigenvalue weighted by molar-refractivity contribution is 5.92. The average molecular weight is 187 g/mol. The van der Waals surface area contributed by atoms with Gasteiger partial charge in [-0.25, -0.2) is 0 Å². The molecule has 0 radical (unpaired) electrons. The maximum absolute atomic E-state index is 10.9. The normalized spacial score (nSPS) is 11.3. The van der Waals surface area contributed by atoms with Crippen molar-refractivity contribution in [3.05, 3.63) is 12.2 Å². The lowest BCUT2D eigenvalue weighted by Crippen LogP contribution is -2.40. The zero-order valence-corrected chi connectivity index (χ0v) is 8.42. The van der Waals surface area contributed by atoms with E-state index in [9.17, 15) is 4.79 Å². The summed E-state index contributed by atoms with van der Waals surface area (Å²) < 4.78 is 10.3. The Hall–Kier alpha value is -0.870. The lowest BCUT2D eigenvalue weighted by molar-refractivity contribution is -0.184. The predicted octanol–water partition coefficient (Wildman–Crippen LogP) is 0.817. The maximum Gasteiger partial charge on any atom is 0.249 e. The summed E-state index contributed by atoms with van der Waals surface area (Å²) in [7, 11) is 2.93. The van der Waals surface area contributed by atoms with E-state index in [-0.39, 0.29) is 5.57 Å². The molecule has 0 unspecified atom stereocenters. The van der Waals surface area contributed by atoms with E-state index >= 15 is 0 Å². The van der Waals surface area contributed by atoms with Gasteiger partial charge in [0.05, 0.1) is 5.57 Å². The number of primary amides is 1. The third-order valence-corrected chi connectivity index (χ3v) is 2.00. The first-order valence-electron chi connectivity index (χ1n) is 4.13. The van der Waals surface area contributed by atoms with Crippen LogP contribution in [0.2, 0.25) is 0 Å². The van der Waals surface area contributed by atoms with Crippen molar-refractivity contribution in [1.29, 1.82) is 0 Å². The molecule has 0 aromatic rings. The average Bonchev–Trinajstić information content (AvgIpc) is 2.13. The Morgan fingerprint density at radius 3 is 2.15 bits per heavy atom. The molecule has 0 aliphatic carbocycles. The third kappa shape index (κ3) is 2.54. The Bertz CT molecular complexity index is 197. The van der Waals surface area contributed by atoms with Crippen molar-refractivity contribution in [3.8, 4) is 0 Å². The van der Waals surface area contributed by atoms with Crippen LogP contribution in [0.4, 0.5) is 0 Å². The fourth-order valence-corrected chi connectivity index (χ4v) is 1.20. The highest BCUT2D eigenvalue weighted by atomic mass is 16.7. The molecule has 4 nitrogen and oxygen atoms in total. The summed E-state index contributed by atoms with van der Waals surface area (Å²) in [5.74, 6) is -1.65. The van der Waals surface area contributed by atoms with Gasteiger partial charge in [0.1, 0.15) is 0 Å². The summed E-state index contributed by atoms with van der Waals surface area (Å²) in [5, 5.41) is 0. The molecule has 0 spiro atoms. The Kier molecular flexibility index (Phi) is 4.66. The summed E-state index contributed by atoms with van der Waals surface area (Å²) >= 11 is 0. The molecule has 0 aromatic heterocycles. The lowest BCUT2D eigenvalue weighted by Gasteiger charge is -2.30. The molecule has 2 N–H and O–H groups in total. The molecule has 0 rings (SSSR count). The van der Waals surface area contributed by atoms with Crippen molar-refractivity contribution in [2.24, 2.45) is 5.73 Å². The smallest absolute Gasteiger partial charge is 0.249 e. The minimum Gasteiger partial charge on any atom is -0.366 e. The van der Waals surface area contributed by atoms with Crippen molar-refractivity contribution < 1.29 is 14.3 Å². The number of hydrogen-bond acceptors (Lipinski definition) is 3. The summed E-state index contributed by atoms with van der Waals surface area (Å²) in [6, 6.07) is 0. The molecular formula is C9H17NO3. The summed E-state index contributed by atoms with van der Waals surface area (Å²) in [6.07, 6.45) is 1.37. The van der Waals surface area contributed by atoms with Crippen LogP contribution >= 0.6 is 0 Å². The topological polar surface area (TPSA) is 61.6 Å². The first-order valence-corrected chi connectivity index (χ1v) is 4.13. The van der Waals surface area contributed by atoms with Gasteiger partial charge in [-0.05, 0) is 0 Å². The van der Waals surface area contributed by atoms with Gasteiger partial charge >= 0.3 is 0 Å². The van der Waals surface area contributed by atoms with Gasteiger partial charge in [0, 0.05) is 20.6 Å². The molecule has 0 atom stereocenters. The van der Waals surface area contributed by atoms with Crippen LogP contribution in [0.1, 0.15) is 19.8 Å². The standard InChI is InChI=1S/C9H17NO3/c1-5-6-9(12-3,13-4)7(2)8(10)11/h2,5-6H2,1,3-4H3,(H2,10,11). The molecule has 0 bridgehead atoms. The summed E-state index contributed by atoms with van der Waals surface area (Å²) in [5.41, 5.74) is 5.26. The van der Waals surface area contributed by atoms with Crippen LogP contribution in [0.15, 0.2) is 12.2 Å². The van der Waals surface area contributed by atoms with E-state index in [2.05, 4.69) is 6.58 Å². The molecule has 13 heavy (non-hydrogen) atoms. The van der Waals surface area contributed by atoms with Crippen molar-refractivity contribution in [3.63, 3.8) is 0 Å². The van der Waals surface area contributed by atoms with Crippen LogP contribution in [-0.4, -0.2) is 25.9 Å². The second-order valence-electron chi connectivity index (χ2n) is 2.75. The minimum absolute atomic E-state index is 0.152. The Morgan fingerprint density at radius 2 is 1.92 bits per heavy atom. The second-order valence-corrected chi connectivity index (χ2v) is 2.75. The van der Waals surface area contributed by atoms with Crippen LogP contribution in [0.25, 0.3) is 0 Å². The largest absolute Gasteiger partial charge is 0.366 e.